The summed E-state index contributed by atoms with van der Waals surface area (Å²) in [5.74, 6) is -0.587. The molecule has 0 atom stereocenters. The van der Waals surface area contributed by atoms with Gasteiger partial charge < -0.3 is 5.32 Å². The summed E-state index contributed by atoms with van der Waals surface area (Å²) in [6.45, 7) is 0.262. The predicted octanol–water partition coefficient (Wildman–Crippen LogP) is 3.61. The van der Waals surface area contributed by atoms with Crippen molar-refractivity contribution in [3.63, 3.8) is 0 Å². The van der Waals surface area contributed by atoms with Gasteiger partial charge in [-0.2, -0.15) is 5.10 Å². The lowest BCUT2D eigenvalue weighted by molar-refractivity contribution is 0.0941. The van der Waals surface area contributed by atoms with Crippen molar-refractivity contribution in [2.24, 2.45) is 7.05 Å². The fraction of sp³-hybridized carbons (Fsp3) is 0.0909. The van der Waals surface area contributed by atoms with Gasteiger partial charge in [0, 0.05) is 18.2 Å². The molecule has 0 aliphatic heterocycles. The van der Waals surface area contributed by atoms with Gasteiger partial charge in [-0.15, -0.1) is 0 Å². The quantitative estimate of drug-likeness (QED) is 0.568. The molecule has 1 amide bonds. The molecule has 2 heterocycles. The molecule has 4 rings (SSSR count). The first-order chi connectivity index (χ1) is 14.1. The van der Waals surface area contributed by atoms with Crippen LogP contribution in [0.5, 0.6) is 0 Å². The van der Waals surface area contributed by atoms with Crippen molar-refractivity contribution in [3.05, 3.63) is 90.3 Å². The van der Waals surface area contributed by atoms with Crippen molar-refractivity contribution >= 4 is 5.91 Å². The number of amides is 1. The molecule has 2 aromatic heterocycles. The highest BCUT2D eigenvalue weighted by Crippen LogP contribution is 2.19. The third-order valence-corrected chi connectivity index (χ3v) is 4.48. The summed E-state index contributed by atoms with van der Waals surface area (Å²) in [6, 6.07) is 19.3. The van der Waals surface area contributed by atoms with E-state index < -0.39 is 0 Å². The molecule has 7 heteroatoms. The van der Waals surface area contributed by atoms with Crippen LogP contribution in [0.1, 0.15) is 16.2 Å². The number of carbonyl (C=O) groups is 1. The highest BCUT2D eigenvalue weighted by atomic mass is 19.1. The van der Waals surface area contributed by atoms with E-state index in [-0.39, 0.29) is 18.3 Å². The minimum absolute atomic E-state index is 0.262. The Morgan fingerprint density at radius 2 is 1.69 bits per heavy atom. The normalized spacial score (nSPS) is 10.7. The lowest BCUT2D eigenvalue weighted by Gasteiger charge is -2.06. The fourth-order valence-electron chi connectivity index (χ4n) is 2.96. The zero-order chi connectivity index (χ0) is 20.2. The van der Waals surface area contributed by atoms with Crippen LogP contribution in [0.15, 0.2) is 73.1 Å². The molecular formula is C22H18FN5O. The molecule has 1 N–H and O–H groups in total. The van der Waals surface area contributed by atoms with Gasteiger partial charge in [0.1, 0.15) is 17.8 Å². The number of carbonyl (C=O) groups excluding carboxylic acids is 1. The smallest absolute Gasteiger partial charge is 0.269 e. The molecule has 0 spiro atoms. The maximum atomic E-state index is 13.1. The van der Waals surface area contributed by atoms with E-state index in [1.807, 2.05) is 36.4 Å². The van der Waals surface area contributed by atoms with E-state index in [1.165, 1.54) is 23.1 Å². The zero-order valence-electron chi connectivity index (χ0n) is 15.7. The largest absolute Gasteiger partial charge is 0.345 e. The number of hydrogen-bond donors (Lipinski definition) is 1. The van der Waals surface area contributed by atoms with Crippen LogP contribution < -0.4 is 5.32 Å². The first-order valence-electron chi connectivity index (χ1n) is 9.05. The van der Waals surface area contributed by atoms with Crippen LogP contribution in [-0.4, -0.2) is 25.7 Å². The van der Waals surface area contributed by atoms with Crippen molar-refractivity contribution in [3.8, 4) is 22.5 Å². The van der Waals surface area contributed by atoms with Crippen molar-refractivity contribution in [2.75, 3.05) is 0 Å². The second-order valence-corrected chi connectivity index (χ2v) is 6.49. The molecule has 6 nitrogen and oxygen atoms in total. The van der Waals surface area contributed by atoms with Crippen LogP contribution >= 0.6 is 0 Å². The lowest BCUT2D eigenvalue weighted by atomic mass is 10.1. The summed E-state index contributed by atoms with van der Waals surface area (Å²) < 4.78 is 14.6. The van der Waals surface area contributed by atoms with E-state index in [0.29, 0.717) is 17.1 Å². The van der Waals surface area contributed by atoms with Gasteiger partial charge in [0.05, 0.1) is 23.6 Å². The topological polar surface area (TPSA) is 72.7 Å². The number of aromatic nitrogens is 4. The van der Waals surface area contributed by atoms with Gasteiger partial charge in [0.2, 0.25) is 0 Å². The van der Waals surface area contributed by atoms with Gasteiger partial charge in [-0.05, 0) is 36.4 Å². The van der Waals surface area contributed by atoms with Crippen molar-refractivity contribution in [1.29, 1.82) is 0 Å². The molecule has 0 unspecified atom stereocenters. The number of nitrogens with zero attached hydrogens (tertiary/aromatic N) is 4. The zero-order valence-corrected chi connectivity index (χ0v) is 15.7. The van der Waals surface area contributed by atoms with Crippen molar-refractivity contribution < 1.29 is 9.18 Å². The Labute approximate surface area is 167 Å². The molecule has 144 valence electrons. The van der Waals surface area contributed by atoms with E-state index in [2.05, 4.69) is 20.4 Å². The van der Waals surface area contributed by atoms with E-state index in [1.54, 1.807) is 25.2 Å². The monoisotopic (exact) mass is 387 g/mol. The molecule has 0 aliphatic rings. The van der Waals surface area contributed by atoms with Gasteiger partial charge in [-0.25, -0.2) is 14.4 Å². The fourth-order valence-corrected chi connectivity index (χ4v) is 2.96. The van der Waals surface area contributed by atoms with E-state index >= 15 is 0 Å². The van der Waals surface area contributed by atoms with Gasteiger partial charge in [0.15, 0.2) is 0 Å². The molecule has 29 heavy (non-hydrogen) atoms. The van der Waals surface area contributed by atoms with E-state index in [0.717, 1.165) is 16.8 Å². The number of nitrogens with one attached hydrogen (secondary N) is 1. The third-order valence-electron chi connectivity index (χ3n) is 4.48. The standard InChI is InChI=1S/C22H18FN5O/c1-28-21(12-20(27-28)16-7-9-17(23)10-8-16)22(29)24-13-18-11-19(26-14-25-18)15-5-3-2-4-6-15/h2-12,14H,13H2,1H3,(H,24,29). The number of benzene rings is 2. The van der Waals surface area contributed by atoms with Crippen molar-refractivity contribution in [2.45, 2.75) is 6.54 Å². The summed E-state index contributed by atoms with van der Waals surface area (Å²) in [6.07, 6.45) is 1.49. The van der Waals surface area contributed by atoms with Crippen LogP contribution in [0, 0.1) is 5.82 Å². The molecule has 4 aromatic rings. The number of aryl methyl sites for hydroxylation is 1. The first kappa shape index (κ1) is 18.5. The van der Waals surface area contributed by atoms with Crippen LogP contribution in [-0.2, 0) is 13.6 Å². The Kier molecular flexibility index (Phi) is 5.11. The average molecular weight is 387 g/mol. The Hall–Kier alpha value is -3.87. The number of rotatable bonds is 5. The second kappa shape index (κ2) is 8.02. The molecule has 0 aliphatic carbocycles. The third kappa shape index (κ3) is 4.19. The number of hydrogen-bond acceptors (Lipinski definition) is 4. The molecule has 0 fully saturated rings. The highest BCUT2D eigenvalue weighted by molar-refractivity contribution is 5.93. The minimum Gasteiger partial charge on any atom is -0.345 e. The molecule has 0 saturated heterocycles. The highest BCUT2D eigenvalue weighted by Gasteiger charge is 2.14. The molecular weight excluding hydrogens is 369 g/mol. The van der Waals surface area contributed by atoms with Gasteiger partial charge in [0.25, 0.3) is 5.91 Å². The summed E-state index contributed by atoms with van der Waals surface area (Å²) in [4.78, 5) is 21.1. The summed E-state index contributed by atoms with van der Waals surface area (Å²) >= 11 is 0. The van der Waals surface area contributed by atoms with Gasteiger partial charge >= 0.3 is 0 Å². The molecule has 2 aromatic carbocycles. The molecule has 0 radical (unpaired) electrons. The summed E-state index contributed by atoms with van der Waals surface area (Å²) in [7, 11) is 1.69. The molecule has 0 bridgehead atoms. The summed E-state index contributed by atoms with van der Waals surface area (Å²) in [5, 5.41) is 7.21. The Balaban J connectivity index is 1.47. The SMILES string of the molecule is Cn1nc(-c2ccc(F)cc2)cc1C(=O)NCc1cc(-c2ccccc2)ncn1. The van der Waals surface area contributed by atoms with Crippen LogP contribution in [0.4, 0.5) is 4.39 Å². The van der Waals surface area contributed by atoms with Crippen LogP contribution in [0.3, 0.4) is 0 Å². The second-order valence-electron chi connectivity index (χ2n) is 6.49. The van der Waals surface area contributed by atoms with E-state index in [9.17, 15) is 9.18 Å². The van der Waals surface area contributed by atoms with Gasteiger partial charge in [-0.1, -0.05) is 30.3 Å². The maximum absolute atomic E-state index is 13.1. The Bertz CT molecular complexity index is 1140. The number of halogens is 1. The first-order valence-corrected chi connectivity index (χ1v) is 9.05. The Morgan fingerprint density at radius 3 is 2.45 bits per heavy atom. The van der Waals surface area contributed by atoms with E-state index in [4.69, 9.17) is 0 Å². The maximum Gasteiger partial charge on any atom is 0.269 e. The minimum atomic E-state index is -0.317. The average Bonchev–Trinajstić information content (AvgIpc) is 3.15. The summed E-state index contributed by atoms with van der Waals surface area (Å²) in [5.41, 5.74) is 4.23. The van der Waals surface area contributed by atoms with Gasteiger partial charge in [-0.3, -0.25) is 9.48 Å². The lowest BCUT2D eigenvalue weighted by Crippen LogP contribution is -2.25. The van der Waals surface area contributed by atoms with Crippen molar-refractivity contribution in [1.82, 2.24) is 25.1 Å². The predicted molar refractivity (Wildman–Crippen MR) is 107 cm³/mol. The van der Waals surface area contributed by atoms with Crippen LogP contribution in [0.2, 0.25) is 0 Å². The molecule has 0 saturated carbocycles. The van der Waals surface area contributed by atoms with Crippen LogP contribution in [0.25, 0.3) is 22.5 Å². The Morgan fingerprint density at radius 1 is 0.966 bits per heavy atom.